The van der Waals surface area contributed by atoms with Crippen LogP contribution in [-0.4, -0.2) is 92.4 Å². The maximum atomic E-state index is 13.3. The van der Waals surface area contributed by atoms with Gasteiger partial charge in [-0.1, -0.05) is 42.5 Å². The van der Waals surface area contributed by atoms with Crippen LogP contribution in [0.1, 0.15) is 35.7 Å². The lowest BCUT2D eigenvalue weighted by atomic mass is 10.0. The highest BCUT2D eigenvalue weighted by atomic mass is 16.5. The molecule has 0 aliphatic carbocycles. The van der Waals surface area contributed by atoms with Crippen molar-refractivity contribution in [3.8, 4) is 5.75 Å². The number of likely N-dealkylation sites (N-methyl/N-ethyl adjacent to an activating group) is 1. The van der Waals surface area contributed by atoms with Crippen LogP contribution in [0.3, 0.4) is 0 Å². The van der Waals surface area contributed by atoms with E-state index in [1.807, 2.05) is 49.3 Å². The number of rotatable bonds is 7. The lowest BCUT2D eigenvalue weighted by molar-refractivity contribution is -0.137. The summed E-state index contributed by atoms with van der Waals surface area (Å²) in [5.74, 6) is -1.47. The predicted octanol–water partition coefficient (Wildman–Crippen LogP) is 1.21. The Morgan fingerprint density at radius 3 is 2.46 bits per heavy atom. The van der Waals surface area contributed by atoms with Crippen molar-refractivity contribution in [2.24, 2.45) is 0 Å². The molecule has 2 aromatic rings. The molecule has 1 heterocycles. The highest BCUT2D eigenvalue weighted by Crippen LogP contribution is 2.20. The zero-order valence-electron chi connectivity index (χ0n) is 23.1. The Hall–Kier alpha value is -3.92. The largest absolute Gasteiger partial charge is 0.491 e. The van der Waals surface area contributed by atoms with Gasteiger partial charge < -0.3 is 30.5 Å². The average molecular weight is 538 g/mol. The van der Waals surface area contributed by atoms with Crippen LogP contribution in [0.2, 0.25) is 0 Å². The zero-order chi connectivity index (χ0) is 28.4. The predicted molar refractivity (Wildman–Crippen MR) is 148 cm³/mol. The molecule has 39 heavy (non-hydrogen) atoms. The molecule has 1 aliphatic heterocycles. The standard InChI is InChI=1S/C29H39N5O5/c1-20-29(38)34(4)22(17-21-11-6-5-7-12-21)19-39-25-14-9-8-13-23(25)27(36)32-24(18-26(35)31-20)28(37)30-15-10-16-33(2)3/h5-9,11-14,20,22,24H,10,15-19H2,1-4H3,(H,30,37)(H,31,35)(H,32,36)/t20-,22-,24-/m0/s1. The van der Waals surface area contributed by atoms with Crippen LogP contribution in [0.5, 0.6) is 5.75 Å². The van der Waals surface area contributed by atoms with Gasteiger partial charge in [0.05, 0.1) is 18.0 Å². The highest BCUT2D eigenvalue weighted by Gasteiger charge is 2.30. The molecule has 10 nitrogen and oxygen atoms in total. The first-order valence-electron chi connectivity index (χ1n) is 13.2. The van der Waals surface area contributed by atoms with Gasteiger partial charge in [-0.2, -0.15) is 0 Å². The fraction of sp³-hybridized carbons (Fsp3) is 0.448. The van der Waals surface area contributed by atoms with E-state index in [1.54, 1.807) is 43.1 Å². The van der Waals surface area contributed by atoms with Crippen molar-refractivity contribution in [1.29, 1.82) is 0 Å². The normalized spacial score (nSPS) is 20.8. The van der Waals surface area contributed by atoms with Crippen LogP contribution in [0, 0.1) is 0 Å². The van der Waals surface area contributed by atoms with Crippen LogP contribution in [0.15, 0.2) is 54.6 Å². The van der Waals surface area contributed by atoms with Crippen molar-refractivity contribution in [3.63, 3.8) is 0 Å². The van der Waals surface area contributed by atoms with Gasteiger partial charge in [-0.25, -0.2) is 0 Å². The van der Waals surface area contributed by atoms with Crippen molar-refractivity contribution >= 4 is 23.6 Å². The summed E-state index contributed by atoms with van der Waals surface area (Å²) >= 11 is 0. The summed E-state index contributed by atoms with van der Waals surface area (Å²) in [6, 6.07) is 14.1. The number of carbonyl (C=O) groups is 4. The van der Waals surface area contributed by atoms with Crippen LogP contribution in [-0.2, 0) is 20.8 Å². The highest BCUT2D eigenvalue weighted by molar-refractivity contribution is 6.01. The molecule has 2 aromatic carbocycles. The van der Waals surface area contributed by atoms with E-state index < -0.39 is 29.8 Å². The van der Waals surface area contributed by atoms with E-state index in [9.17, 15) is 19.2 Å². The van der Waals surface area contributed by atoms with Crippen molar-refractivity contribution < 1.29 is 23.9 Å². The second-order valence-electron chi connectivity index (χ2n) is 10.1. The number of nitrogens with one attached hydrogen (secondary N) is 3. The molecular formula is C29H39N5O5. The minimum absolute atomic E-state index is 0.123. The Morgan fingerprint density at radius 1 is 1.05 bits per heavy atom. The van der Waals surface area contributed by atoms with Gasteiger partial charge in [0.2, 0.25) is 17.7 Å². The van der Waals surface area contributed by atoms with Crippen LogP contribution < -0.4 is 20.7 Å². The molecule has 0 saturated carbocycles. The molecule has 0 unspecified atom stereocenters. The summed E-state index contributed by atoms with van der Waals surface area (Å²) < 4.78 is 6.11. The molecule has 0 radical (unpaired) electrons. The first-order valence-corrected chi connectivity index (χ1v) is 13.2. The monoisotopic (exact) mass is 537 g/mol. The van der Waals surface area contributed by atoms with Gasteiger partial charge >= 0.3 is 0 Å². The second-order valence-corrected chi connectivity index (χ2v) is 10.1. The van der Waals surface area contributed by atoms with E-state index in [0.29, 0.717) is 25.1 Å². The molecule has 4 amide bonds. The molecule has 0 spiro atoms. The number of fused-ring (bicyclic) bond motifs is 1. The summed E-state index contributed by atoms with van der Waals surface area (Å²) in [6.07, 6.45) is 0.918. The van der Waals surface area contributed by atoms with Crippen molar-refractivity contribution in [2.45, 2.75) is 44.3 Å². The van der Waals surface area contributed by atoms with E-state index in [4.69, 9.17) is 4.74 Å². The Bertz CT molecular complexity index is 1140. The van der Waals surface area contributed by atoms with Crippen molar-refractivity contribution in [3.05, 3.63) is 65.7 Å². The number of nitrogens with zero attached hydrogens (tertiary/aromatic N) is 2. The summed E-state index contributed by atoms with van der Waals surface area (Å²) in [7, 11) is 5.55. The minimum Gasteiger partial charge on any atom is -0.491 e. The van der Waals surface area contributed by atoms with E-state index in [-0.39, 0.29) is 30.5 Å². The van der Waals surface area contributed by atoms with Gasteiger partial charge in [0.15, 0.2) is 0 Å². The van der Waals surface area contributed by atoms with Crippen molar-refractivity contribution in [1.82, 2.24) is 25.8 Å². The van der Waals surface area contributed by atoms with E-state index in [1.165, 1.54) is 0 Å². The quantitative estimate of drug-likeness (QED) is 0.457. The minimum atomic E-state index is -1.13. The number of hydrogen-bond donors (Lipinski definition) is 3. The zero-order valence-corrected chi connectivity index (χ0v) is 23.1. The first-order chi connectivity index (χ1) is 18.7. The lowest BCUT2D eigenvalue weighted by Crippen LogP contribution is -2.54. The van der Waals surface area contributed by atoms with Gasteiger partial charge in [-0.15, -0.1) is 0 Å². The molecule has 1 aliphatic rings. The lowest BCUT2D eigenvalue weighted by Gasteiger charge is -2.31. The summed E-state index contributed by atoms with van der Waals surface area (Å²) in [5.41, 5.74) is 1.26. The second kappa shape index (κ2) is 14.3. The number of carbonyl (C=O) groups excluding carboxylic acids is 4. The fourth-order valence-corrected chi connectivity index (χ4v) is 4.37. The molecule has 3 rings (SSSR count). The average Bonchev–Trinajstić information content (AvgIpc) is 2.92. The summed E-state index contributed by atoms with van der Waals surface area (Å²) in [4.78, 5) is 56.1. The fourth-order valence-electron chi connectivity index (χ4n) is 4.37. The molecule has 3 atom stereocenters. The maximum absolute atomic E-state index is 13.3. The molecule has 0 saturated heterocycles. The Kier molecular flexibility index (Phi) is 10.9. The Labute approximate surface area is 230 Å². The number of para-hydroxylation sites is 1. The van der Waals surface area contributed by atoms with Gasteiger partial charge in [-0.3, -0.25) is 19.2 Å². The number of ether oxygens (including phenoxy) is 1. The molecule has 210 valence electrons. The third-order valence-electron chi connectivity index (χ3n) is 6.61. The number of hydrogen-bond acceptors (Lipinski definition) is 6. The van der Waals surface area contributed by atoms with Gasteiger partial charge in [0, 0.05) is 13.6 Å². The van der Waals surface area contributed by atoms with Crippen LogP contribution in [0.25, 0.3) is 0 Å². The van der Waals surface area contributed by atoms with E-state index >= 15 is 0 Å². The topological polar surface area (TPSA) is 120 Å². The molecular weight excluding hydrogens is 498 g/mol. The third-order valence-corrected chi connectivity index (χ3v) is 6.61. The Balaban J connectivity index is 1.87. The Morgan fingerprint density at radius 2 is 1.74 bits per heavy atom. The van der Waals surface area contributed by atoms with Crippen LogP contribution in [0.4, 0.5) is 0 Å². The molecule has 0 aromatic heterocycles. The van der Waals surface area contributed by atoms with E-state index in [2.05, 4.69) is 16.0 Å². The SMILES string of the molecule is C[C@@H]1NC(=O)C[C@@H](C(=O)NCCCN(C)C)NC(=O)c2ccccc2OC[C@H](Cc2ccccc2)N(C)C1=O. The van der Waals surface area contributed by atoms with Crippen LogP contribution >= 0.6 is 0 Å². The maximum Gasteiger partial charge on any atom is 0.255 e. The van der Waals surface area contributed by atoms with E-state index in [0.717, 1.165) is 12.1 Å². The van der Waals surface area contributed by atoms with Gasteiger partial charge in [-0.05, 0) is 58.1 Å². The van der Waals surface area contributed by atoms with Gasteiger partial charge in [0.1, 0.15) is 24.4 Å². The molecule has 0 fully saturated rings. The first kappa shape index (κ1) is 29.6. The summed E-state index contributed by atoms with van der Waals surface area (Å²) in [6.45, 7) is 2.90. The number of benzene rings is 2. The number of amides is 4. The third kappa shape index (κ3) is 8.81. The molecule has 10 heteroatoms. The van der Waals surface area contributed by atoms with Gasteiger partial charge in [0.25, 0.3) is 5.91 Å². The van der Waals surface area contributed by atoms with Crippen molar-refractivity contribution in [2.75, 3.05) is 40.8 Å². The summed E-state index contributed by atoms with van der Waals surface area (Å²) in [5, 5.41) is 8.18. The molecule has 3 N–H and O–H groups in total. The molecule has 0 bridgehead atoms. The smallest absolute Gasteiger partial charge is 0.255 e.